The molecule has 2 aromatic carbocycles. The number of piperidine rings is 1. The van der Waals surface area contributed by atoms with Crippen LogP contribution in [0.5, 0.6) is 5.75 Å². The number of aromatic nitrogens is 2. The summed E-state index contributed by atoms with van der Waals surface area (Å²) >= 11 is 0. The second-order valence-corrected chi connectivity index (χ2v) is 7.80. The van der Waals surface area contributed by atoms with E-state index in [1.165, 1.54) is 25.8 Å². The average molecular weight is 391 g/mol. The number of hydrogen-bond acceptors (Lipinski definition) is 5. The Morgan fingerprint density at radius 1 is 1.07 bits per heavy atom. The van der Waals surface area contributed by atoms with Crippen LogP contribution in [0, 0.1) is 0 Å². The van der Waals surface area contributed by atoms with E-state index in [0.29, 0.717) is 6.04 Å². The minimum atomic E-state index is 0.713. The lowest BCUT2D eigenvalue weighted by Gasteiger charge is -2.33. The number of methoxy groups -OCH3 is 1. The Hall–Kier alpha value is -2.66. The highest BCUT2D eigenvalue weighted by Gasteiger charge is 2.17. The van der Waals surface area contributed by atoms with Crippen LogP contribution in [-0.4, -0.2) is 47.7 Å². The number of nitrogens with one attached hydrogen (secondary N) is 1. The smallest absolute Gasteiger partial charge is 0.162 e. The Bertz CT molecular complexity index is 941. The van der Waals surface area contributed by atoms with Crippen molar-refractivity contribution >= 4 is 16.7 Å². The summed E-state index contributed by atoms with van der Waals surface area (Å²) in [5.41, 5.74) is 1.95. The van der Waals surface area contributed by atoms with E-state index in [1.54, 1.807) is 7.11 Å². The fourth-order valence-electron chi connectivity index (χ4n) is 4.06. The molecule has 0 saturated carbocycles. The largest absolute Gasteiger partial charge is 0.497 e. The molecule has 0 bridgehead atoms. The van der Waals surface area contributed by atoms with Crippen molar-refractivity contribution in [3.63, 3.8) is 0 Å². The van der Waals surface area contributed by atoms with Gasteiger partial charge in [0.2, 0.25) is 0 Å². The maximum atomic E-state index is 5.26. The standard InChI is InChI=1S/C24H30N4O/c1-18-8-5-6-16-28(18)17-7-15-25-24-21-9-3-4-10-22(21)26-23(27-24)19-11-13-20(29-2)14-12-19/h3-4,9-14,18H,5-8,15-17H2,1-2H3,(H,25,26,27). The second kappa shape index (κ2) is 9.23. The van der Waals surface area contributed by atoms with E-state index in [4.69, 9.17) is 14.7 Å². The van der Waals surface area contributed by atoms with Crippen molar-refractivity contribution in [1.29, 1.82) is 0 Å². The zero-order chi connectivity index (χ0) is 20.1. The summed E-state index contributed by atoms with van der Waals surface area (Å²) in [5.74, 6) is 2.48. The number of nitrogens with zero attached hydrogens (tertiary/aromatic N) is 3. The quantitative estimate of drug-likeness (QED) is 0.577. The van der Waals surface area contributed by atoms with Gasteiger partial charge in [-0.05, 0) is 69.1 Å². The third-order valence-electron chi connectivity index (χ3n) is 5.81. The minimum Gasteiger partial charge on any atom is -0.497 e. The molecule has 1 aliphatic rings. The summed E-state index contributed by atoms with van der Waals surface area (Å²) in [7, 11) is 1.67. The minimum absolute atomic E-state index is 0.713. The fraction of sp³-hybridized carbons (Fsp3) is 0.417. The number of anilines is 1. The predicted molar refractivity (Wildman–Crippen MR) is 120 cm³/mol. The molecule has 0 spiro atoms. The summed E-state index contributed by atoms with van der Waals surface area (Å²) in [4.78, 5) is 12.2. The fourth-order valence-corrected chi connectivity index (χ4v) is 4.06. The summed E-state index contributed by atoms with van der Waals surface area (Å²) in [5, 5.41) is 4.64. The van der Waals surface area contributed by atoms with Crippen LogP contribution >= 0.6 is 0 Å². The molecule has 2 heterocycles. The molecular weight excluding hydrogens is 360 g/mol. The van der Waals surface area contributed by atoms with Gasteiger partial charge < -0.3 is 15.0 Å². The molecule has 1 aliphatic heterocycles. The molecule has 29 heavy (non-hydrogen) atoms. The first-order valence-electron chi connectivity index (χ1n) is 10.6. The molecule has 152 valence electrons. The molecule has 1 aromatic heterocycles. The second-order valence-electron chi connectivity index (χ2n) is 7.80. The Labute approximate surface area is 173 Å². The van der Waals surface area contributed by atoms with Crippen molar-refractivity contribution in [2.24, 2.45) is 0 Å². The lowest BCUT2D eigenvalue weighted by atomic mass is 10.0. The number of likely N-dealkylation sites (tertiary alicyclic amines) is 1. The van der Waals surface area contributed by atoms with Crippen LogP contribution in [0.1, 0.15) is 32.6 Å². The monoisotopic (exact) mass is 390 g/mol. The van der Waals surface area contributed by atoms with Gasteiger partial charge >= 0.3 is 0 Å². The third kappa shape index (κ3) is 4.67. The van der Waals surface area contributed by atoms with E-state index < -0.39 is 0 Å². The van der Waals surface area contributed by atoms with Crippen LogP contribution in [0.3, 0.4) is 0 Å². The normalized spacial score (nSPS) is 17.4. The lowest BCUT2D eigenvalue weighted by molar-refractivity contribution is 0.160. The van der Waals surface area contributed by atoms with Crippen molar-refractivity contribution in [3.8, 4) is 17.1 Å². The molecular formula is C24H30N4O. The maximum Gasteiger partial charge on any atom is 0.162 e. The van der Waals surface area contributed by atoms with Gasteiger partial charge in [0.1, 0.15) is 11.6 Å². The molecule has 0 radical (unpaired) electrons. The molecule has 1 unspecified atom stereocenters. The Morgan fingerprint density at radius 2 is 1.90 bits per heavy atom. The van der Waals surface area contributed by atoms with Crippen LogP contribution < -0.4 is 10.1 Å². The van der Waals surface area contributed by atoms with Gasteiger partial charge in [0.05, 0.1) is 12.6 Å². The van der Waals surface area contributed by atoms with Gasteiger partial charge in [0.15, 0.2) is 5.82 Å². The average Bonchev–Trinajstić information content (AvgIpc) is 2.77. The van der Waals surface area contributed by atoms with Crippen LogP contribution in [0.25, 0.3) is 22.3 Å². The molecule has 5 heteroatoms. The van der Waals surface area contributed by atoms with Gasteiger partial charge in [-0.2, -0.15) is 0 Å². The van der Waals surface area contributed by atoms with Crippen LogP contribution in [-0.2, 0) is 0 Å². The molecule has 5 nitrogen and oxygen atoms in total. The van der Waals surface area contributed by atoms with E-state index in [0.717, 1.165) is 53.4 Å². The Morgan fingerprint density at radius 3 is 2.69 bits per heavy atom. The number of para-hydroxylation sites is 1. The molecule has 1 N–H and O–H groups in total. The van der Waals surface area contributed by atoms with Gasteiger partial charge in [-0.1, -0.05) is 18.6 Å². The Balaban J connectivity index is 1.49. The van der Waals surface area contributed by atoms with Gasteiger partial charge in [-0.25, -0.2) is 9.97 Å². The van der Waals surface area contributed by atoms with Gasteiger partial charge in [-0.15, -0.1) is 0 Å². The summed E-state index contributed by atoms with van der Waals surface area (Å²) in [6.07, 6.45) is 5.15. The van der Waals surface area contributed by atoms with E-state index in [1.807, 2.05) is 42.5 Å². The SMILES string of the molecule is COc1ccc(-c2nc(NCCCN3CCCCC3C)c3ccccc3n2)cc1. The van der Waals surface area contributed by atoms with Crippen LogP contribution in [0.2, 0.25) is 0 Å². The van der Waals surface area contributed by atoms with E-state index in [9.17, 15) is 0 Å². The first-order valence-corrected chi connectivity index (χ1v) is 10.6. The molecule has 4 rings (SSSR count). The van der Waals surface area contributed by atoms with E-state index in [-0.39, 0.29) is 0 Å². The molecule has 1 saturated heterocycles. The van der Waals surface area contributed by atoms with E-state index >= 15 is 0 Å². The van der Waals surface area contributed by atoms with Crippen molar-refractivity contribution < 1.29 is 4.74 Å². The van der Waals surface area contributed by atoms with Crippen molar-refractivity contribution in [2.45, 2.75) is 38.6 Å². The van der Waals surface area contributed by atoms with Gasteiger partial charge in [0.25, 0.3) is 0 Å². The van der Waals surface area contributed by atoms with Crippen LogP contribution in [0.15, 0.2) is 48.5 Å². The molecule has 1 atom stereocenters. The number of benzene rings is 2. The predicted octanol–water partition coefficient (Wildman–Crippen LogP) is 4.98. The highest BCUT2D eigenvalue weighted by Crippen LogP contribution is 2.26. The van der Waals surface area contributed by atoms with Crippen molar-refractivity contribution in [1.82, 2.24) is 14.9 Å². The van der Waals surface area contributed by atoms with Gasteiger partial charge in [0, 0.05) is 30.1 Å². The number of hydrogen-bond donors (Lipinski definition) is 1. The Kier molecular flexibility index (Phi) is 6.25. The summed E-state index contributed by atoms with van der Waals surface area (Å²) in [6, 6.07) is 16.8. The molecule has 0 amide bonds. The van der Waals surface area contributed by atoms with Gasteiger partial charge in [-0.3, -0.25) is 0 Å². The zero-order valence-corrected chi connectivity index (χ0v) is 17.4. The summed E-state index contributed by atoms with van der Waals surface area (Å²) in [6.45, 7) is 5.64. The van der Waals surface area contributed by atoms with E-state index in [2.05, 4.69) is 23.2 Å². The molecule has 1 fully saturated rings. The lowest BCUT2D eigenvalue weighted by Crippen LogP contribution is -2.38. The van der Waals surface area contributed by atoms with Crippen molar-refractivity contribution in [3.05, 3.63) is 48.5 Å². The first-order chi connectivity index (χ1) is 14.2. The zero-order valence-electron chi connectivity index (χ0n) is 17.4. The van der Waals surface area contributed by atoms with Crippen molar-refractivity contribution in [2.75, 3.05) is 32.1 Å². The third-order valence-corrected chi connectivity index (χ3v) is 5.81. The number of fused-ring (bicyclic) bond motifs is 1. The summed E-state index contributed by atoms with van der Waals surface area (Å²) < 4.78 is 5.26. The topological polar surface area (TPSA) is 50.3 Å². The number of rotatable bonds is 7. The highest BCUT2D eigenvalue weighted by atomic mass is 16.5. The van der Waals surface area contributed by atoms with Crippen LogP contribution in [0.4, 0.5) is 5.82 Å². The number of ether oxygens (including phenoxy) is 1. The maximum absolute atomic E-state index is 5.26. The highest BCUT2D eigenvalue weighted by molar-refractivity contribution is 5.90. The molecule has 3 aromatic rings. The molecule has 0 aliphatic carbocycles. The first kappa shape index (κ1) is 19.6.